The number of halogens is 3. The summed E-state index contributed by atoms with van der Waals surface area (Å²) in [6.07, 6.45) is 1.36. The molecule has 0 aliphatic heterocycles. The van der Waals surface area contributed by atoms with Gasteiger partial charge in [-0.25, -0.2) is 13.1 Å². The second-order valence-electron chi connectivity index (χ2n) is 7.65. The number of aryl methyl sites for hydroxylation is 1. The Kier molecular flexibility index (Phi) is 7.97. The quantitative estimate of drug-likeness (QED) is 0.278. The molecule has 0 atom stereocenters. The standard InChI is InChI=1S/C23H19Cl3N6O5S/c1-12-16(22(33)32(30-12)21-17(25)8-13(24)9-18(21)26)11-27-14-4-6-15(7-5-14)38(34,35)31-19-10-20(36-2)29-23(28-19)37-3/h4-11,30H,1-3H3,(H,28,29,31). The van der Waals surface area contributed by atoms with Crippen LogP contribution in [0.5, 0.6) is 11.9 Å². The smallest absolute Gasteiger partial charge is 0.321 e. The van der Waals surface area contributed by atoms with Crippen molar-refractivity contribution in [3.05, 3.63) is 79.1 Å². The summed E-state index contributed by atoms with van der Waals surface area (Å²) in [6, 6.07) is 9.90. The van der Waals surface area contributed by atoms with E-state index in [-0.39, 0.29) is 43.9 Å². The van der Waals surface area contributed by atoms with Gasteiger partial charge in [0.1, 0.15) is 5.69 Å². The van der Waals surface area contributed by atoms with Crippen molar-refractivity contribution in [1.82, 2.24) is 19.7 Å². The third kappa shape index (κ3) is 5.78. The van der Waals surface area contributed by atoms with Crippen LogP contribution in [0.4, 0.5) is 11.5 Å². The number of anilines is 1. The minimum Gasteiger partial charge on any atom is -0.481 e. The molecule has 0 fully saturated rings. The number of ether oxygens (including phenoxy) is 2. The van der Waals surface area contributed by atoms with Crippen molar-refractivity contribution in [2.75, 3.05) is 18.9 Å². The first-order valence-corrected chi connectivity index (χ1v) is 13.2. The normalized spacial score (nSPS) is 11.6. The molecular formula is C23H19Cl3N6O5S. The number of H-pyrrole nitrogens is 1. The summed E-state index contributed by atoms with van der Waals surface area (Å²) in [6.45, 7) is 1.69. The molecule has 4 aromatic rings. The lowest BCUT2D eigenvalue weighted by Gasteiger charge is -2.09. The Labute approximate surface area is 232 Å². The monoisotopic (exact) mass is 596 g/mol. The molecule has 4 rings (SSSR count). The summed E-state index contributed by atoms with van der Waals surface area (Å²) >= 11 is 18.5. The molecule has 2 N–H and O–H groups in total. The molecule has 0 aliphatic rings. The van der Waals surface area contributed by atoms with E-state index in [4.69, 9.17) is 44.3 Å². The van der Waals surface area contributed by atoms with Gasteiger partial charge in [-0.3, -0.25) is 19.6 Å². The van der Waals surface area contributed by atoms with Crippen LogP contribution in [0.2, 0.25) is 15.1 Å². The minimum atomic E-state index is -4.00. The molecule has 0 saturated carbocycles. The zero-order valence-corrected chi connectivity index (χ0v) is 23.1. The van der Waals surface area contributed by atoms with Gasteiger partial charge in [0, 0.05) is 23.0 Å². The molecule has 0 unspecified atom stereocenters. The Morgan fingerprint density at radius 3 is 2.29 bits per heavy atom. The number of benzene rings is 2. The molecular weight excluding hydrogens is 579 g/mol. The summed E-state index contributed by atoms with van der Waals surface area (Å²) in [5, 5.41) is 3.64. The second kappa shape index (κ2) is 11.0. The third-order valence-corrected chi connectivity index (χ3v) is 7.29. The first kappa shape index (κ1) is 27.5. The molecule has 15 heteroatoms. The van der Waals surface area contributed by atoms with E-state index in [2.05, 4.69) is 24.8 Å². The van der Waals surface area contributed by atoms with Crippen molar-refractivity contribution in [2.45, 2.75) is 11.8 Å². The molecule has 2 aromatic heterocycles. The first-order chi connectivity index (χ1) is 18.0. The van der Waals surface area contributed by atoms with E-state index in [0.717, 1.165) is 0 Å². The van der Waals surface area contributed by atoms with Crippen molar-refractivity contribution in [3.63, 3.8) is 0 Å². The number of nitrogens with one attached hydrogen (secondary N) is 2. The van der Waals surface area contributed by atoms with Crippen LogP contribution < -0.4 is 19.8 Å². The molecule has 0 bridgehead atoms. The number of nitrogens with zero attached hydrogens (tertiary/aromatic N) is 4. The highest BCUT2D eigenvalue weighted by Gasteiger charge is 2.18. The summed E-state index contributed by atoms with van der Waals surface area (Å²) in [5.74, 6) is 0.0925. The van der Waals surface area contributed by atoms with Gasteiger partial charge < -0.3 is 9.47 Å². The number of sulfonamides is 1. The Morgan fingerprint density at radius 1 is 1.03 bits per heavy atom. The van der Waals surface area contributed by atoms with Crippen LogP contribution >= 0.6 is 34.8 Å². The Morgan fingerprint density at radius 2 is 1.68 bits per heavy atom. The number of rotatable bonds is 8. The van der Waals surface area contributed by atoms with Gasteiger partial charge in [-0.15, -0.1) is 0 Å². The molecule has 0 amide bonds. The Bertz CT molecular complexity index is 1660. The Hall–Kier alpha value is -3.58. The average Bonchev–Trinajstić information content (AvgIpc) is 3.14. The van der Waals surface area contributed by atoms with E-state index in [1.54, 1.807) is 6.92 Å². The number of aliphatic imine (C=N–C) groups is 1. The van der Waals surface area contributed by atoms with Gasteiger partial charge in [0.25, 0.3) is 15.6 Å². The number of hydrogen-bond acceptors (Lipinski definition) is 8. The fourth-order valence-corrected chi connectivity index (χ4v) is 5.29. The number of methoxy groups -OCH3 is 2. The van der Waals surface area contributed by atoms with E-state index >= 15 is 0 Å². The van der Waals surface area contributed by atoms with E-state index in [1.165, 1.54) is 67.6 Å². The van der Waals surface area contributed by atoms with Crippen LogP contribution in [-0.2, 0) is 10.0 Å². The van der Waals surface area contributed by atoms with Crippen molar-refractivity contribution >= 4 is 62.5 Å². The third-order valence-electron chi connectivity index (χ3n) is 5.12. The molecule has 11 nitrogen and oxygen atoms in total. The predicted molar refractivity (Wildman–Crippen MR) is 146 cm³/mol. The van der Waals surface area contributed by atoms with Crippen LogP contribution in [0.15, 0.2) is 57.1 Å². The van der Waals surface area contributed by atoms with Gasteiger partial charge in [0.15, 0.2) is 5.82 Å². The highest BCUT2D eigenvalue weighted by atomic mass is 35.5. The van der Waals surface area contributed by atoms with Crippen LogP contribution in [0, 0.1) is 6.92 Å². The minimum absolute atomic E-state index is 0.0316. The SMILES string of the molecule is COc1cc(NS(=O)(=O)c2ccc(N=Cc3c(C)[nH]n(-c4c(Cl)cc(Cl)cc4Cl)c3=O)cc2)nc(OC)n1. The molecule has 38 heavy (non-hydrogen) atoms. The van der Waals surface area contributed by atoms with Crippen molar-refractivity contribution in [1.29, 1.82) is 0 Å². The van der Waals surface area contributed by atoms with E-state index in [9.17, 15) is 13.2 Å². The fraction of sp³-hybridized carbons (Fsp3) is 0.130. The highest BCUT2D eigenvalue weighted by molar-refractivity contribution is 7.92. The molecule has 0 saturated heterocycles. The lowest BCUT2D eigenvalue weighted by molar-refractivity contribution is 0.353. The predicted octanol–water partition coefficient (Wildman–Crippen LogP) is 4.79. The van der Waals surface area contributed by atoms with Crippen molar-refractivity contribution in [2.24, 2.45) is 4.99 Å². The average molecular weight is 598 g/mol. The van der Waals surface area contributed by atoms with Crippen LogP contribution in [0.3, 0.4) is 0 Å². The van der Waals surface area contributed by atoms with Gasteiger partial charge in [-0.05, 0) is 43.3 Å². The molecule has 0 aliphatic carbocycles. The van der Waals surface area contributed by atoms with Gasteiger partial charge in [0.2, 0.25) is 5.88 Å². The molecule has 198 valence electrons. The summed E-state index contributed by atoms with van der Waals surface area (Å²) in [7, 11) is -1.27. The lowest BCUT2D eigenvalue weighted by atomic mass is 10.2. The fourth-order valence-electron chi connectivity index (χ4n) is 3.32. The van der Waals surface area contributed by atoms with E-state index < -0.39 is 15.6 Å². The lowest BCUT2D eigenvalue weighted by Crippen LogP contribution is -2.18. The van der Waals surface area contributed by atoms with Crippen LogP contribution in [0.1, 0.15) is 11.3 Å². The number of aromatic amines is 1. The van der Waals surface area contributed by atoms with E-state index in [1.807, 2.05) is 0 Å². The number of aromatic nitrogens is 4. The zero-order valence-electron chi connectivity index (χ0n) is 20.0. The van der Waals surface area contributed by atoms with Crippen molar-refractivity contribution in [3.8, 4) is 17.6 Å². The maximum atomic E-state index is 13.0. The van der Waals surface area contributed by atoms with Gasteiger partial charge in [-0.2, -0.15) is 9.97 Å². The van der Waals surface area contributed by atoms with Gasteiger partial charge in [-0.1, -0.05) is 34.8 Å². The summed E-state index contributed by atoms with van der Waals surface area (Å²) < 4.78 is 39.2. The molecule has 0 radical (unpaired) electrons. The maximum Gasteiger partial charge on any atom is 0.321 e. The highest BCUT2D eigenvalue weighted by Crippen LogP contribution is 2.31. The second-order valence-corrected chi connectivity index (χ2v) is 10.6. The van der Waals surface area contributed by atoms with Crippen molar-refractivity contribution < 1.29 is 17.9 Å². The maximum absolute atomic E-state index is 13.0. The largest absolute Gasteiger partial charge is 0.481 e. The van der Waals surface area contributed by atoms with Crippen LogP contribution in [0.25, 0.3) is 5.69 Å². The number of hydrogen-bond donors (Lipinski definition) is 2. The van der Waals surface area contributed by atoms with Gasteiger partial charge >= 0.3 is 6.01 Å². The Balaban J connectivity index is 1.57. The molecule has 2 heterocycles. The van der Waals surface area contributed by atoms with Gasteiger partial charge in [0.05, 0.1) is 40.4 Å². The van der Waals surface area contributed by atoms with Crippen LogP contribution in [-0.4, -0.2) is 48.6 Å². The zero-order chi connectivity index (χ0) is 27.6. The molecule has 2 aromatic carbocycles. The summed E-state index contributed by atoms with van der Waals surface area (Å²) in [4.78, 5) is 25.2. The topological polar surface area (TPSA) is 141 Å². The summed E-state index contributed by atoms with van der Waals surface area (Å²) in [5.41, 5.74) is 1.00. The van der Waals surface area contributed by atoms with E-state index in [0.29, 0.717) is 16.4 Å². The first-order valence-electron chi connectivity index (χ1n) is 10.6. The molecule has 0 spiro atoms.